The lowest BCUT2D eigenvalue weighted by Gasteiger charge is -2.50. The third-order valence-corrected chi connectivity index (χ3v) is 13.0. The van der Waals surface area contributed by atoms with Crippen LogP contribution < -0.4 is 71.5 Å². The minimum absolute atomic E-state index is 0.135. The molecule has 2 aromatic carbocycles. The Bertz CT molecular complexity index is 1780. The Hall–Kier alpha value is -3.65. The van der Waals surface area contributed by atoms with Gasteiger partial charge in [-0.05, 0) is 43.0 Å². The predicted molar refractivity (Wildman–Crippen MR) is 267 cm³/mol. The summed E-state index contributed by atoms with van der Waals surface area (Å²) in [5, 5.41) is 17.1. The number of benzene rings is 2. The molecule has 2 rings (SSSR count). The monoisotopic (exact) mass is 752 g/mol. The number of nitrogens with one attached hydrogen (secondary N) is 5. The minimum Gasteiger partial charge on any atom is -0.370 e. The first-order chi connectivity index (χ1) is 25.6. The molecule has 0 bridgehead atoms. The van der Waals surface area contributed by atoms with Gasteiger partial charge in [0, 0.05) is 6.54 Å². The van der Waals surface area contributed by atoms with Crippen molar-refractivity contribution in [3.8, 4) is 0 Å². The fourth-order valence-corrected chi connectivity index (χ4v) is 7.52. The average molecular weight is 749 g/mol. The van der Waals surface area contributed by atoms with Crippen LogP contribution in [-0.2, 0) is 30.8 Å². The van der Waals surface area contributed by atoms with Gasteiger partial charge >= 0.3 is 0 Å². The van der Waals surface area contributed by atoms with Gasteiger partial charge in [-0.2, -0.15) is 0 Å². The van der Waals surface area contributed by atoms with E-state index >= 15 is 4.79 Å². The first kappa shape index (κ1) is 48.5. The summed E-state index contributed by atoms with van der Waals surface area (Å²) in [5.74, 6) is -2.75. The summed E-state index contributed by atoms with van der Waals surface area (Å²) >= 11 is 0. The lowest BCUT2D eigenvalue weighted by atomic mass is 9.27. The van der Waals surface area contributed by atoms with E-state index in [0.29, 0.717) is 13.0 Å². The number of hydrogen-bond acceptors (Lipinski definition) is 7. The van der Waals surface area contributed by atoms with E-state index < -0.39 is 62.2 Å². The third-order valence-electron chi connectivity index (χ3n) is 13.0. The van der Waals surface area contributed by atoms with Gasteiger partial charge in [-0.1, -0.05) is 57.2 Å². The van der Waals surface area contributed by atoms with Gasteiger partial charge in [-0.25, -0.2) is 0 Å². The summed E-state index contributed by atoms with van der Waals surface area (Å²) in [4.78, 5) is 56.9. The maximum atomic E-state index is 15.2. The highest BCUT2D eigenvalue weighted by Gasteiger charge is 2.53. The molecule has 0 fully saturated rings. The van der Waals surface area contributed by atoms with E-state index in [1.165, 1.54) is 0 Å². The summed E-state index contributed by atoms with van der Waals surface area (Å²) in [7, 11) is 25.2. The largest absolute Gasteiger partial charge is 0.370 e. The van der Waals surface area contributed by atoms with E-state index in [4.69, 9.17) is 28.3 Å². The maximum Gasteiger partial charge on any atom is 0.242 e. The lowest BCUT2D eigenvalue weighted by Crippen LogP contribution is -2.77. The highest BCUT2D eigenvalue weighted by molar-refractivity contribution is 6.68. The summed E-state index contributed by atoms with van der Waals surface area (Å²) < 4.78 is 0. The third kappa shape index (κ3) is 10.8. The first-order valence-corrected chi connectivity index (χ1v) is 19.5. The Balaban J connectivity index is 2.77. The van der Waals surface area contributed by atoms with E-state index in [0.717, 1.165) is 38.4 Å². The maximum absolute atomic E-state index is 15.2. The van der Waals surface area contributed by atoms with Crippen LogP contribution >= 0.6 is 0 Å². The molecule has 0 aliphatic heterocycles. The van der Waals surface area contributed by atoms with Crippen molar-refractivity contribution in [1.82, 2.24) is 21.3 Å². The molecule has 13 nitrogen and oxygen atoms in total. The van der Waals surface area contributed by atoms with Crippen LogP contribution in [0.2, 0.25) is 10.4 Å². The second-order valence-corrected chi connectivity index (χ2v) is 17.9. The Labute approximate surface area is 345 Å². The molecular formula is C30H58B13N9O4. The van der Waals surface area contributed by atoms with Crippen LogP contribution in [-0.4, -0.2) is 168 Å². The molecule has 0 aromatic heterocycles. The van der Waals surface area contributed by atoms with E-state index in [-0.39, 0.29) is 31.8 Å². The van der Waals surface area contributed by atoms with Crippen molar-refractivity contribution >= 4 is 159 Å². The molecule has 4 atom stereocenters. The quantitative estimate of drug-likeness (QED) is 0.0289. The first-order valence-electron chi connectivity index (χ1n) is 19.5. The number of amides is 4. The summed E-state index contributed by atoms with van der Waals surface area (Å²) in [5.41, 5.74) is 27.8. The zero-order valence-electron chi connectivity index (χ0n) is 36.2. The Morgan fingerprint density at radius 1 is 0.750 bits per heavy atom. The van der Waals surface area contributed by atoms with Crippen LogP contribution in [0.25, 0.3) is 0 Å². The molecule has 0 unspecified atom stereocenters. The number of guanidine groups is 1. The Morgan fingerprint density at radius 2 is 1.27 bits per heavy atom. The summed E-state index contributed by atoms with van der Waals surface area (Å²) in [6.45, 7) is 0.596. The molecule has 56 heavy (non-hydrogen) atoms. The van der Waals surface area contributed by atoms with Gasteiger partial charge < -0.3 is 44.2 Å². The second kappa shape index (κ2) is 18.7. The van der Waals surface area contributed by atoms with Crippen molar-refractivity contribution in [2.75, 3.05) is 13.1 Å². The van der Waals surface area contributed by atoms with Gasteiger partial charge in [-0.15, -0.1) is 16.4 Å². The molecule has 0 spiro atoms. The SMILES string of the molecule is Bc1c(B)c(B)c(C(B)(B)[C@](B)(NC(=O)[C@@H](CCCNC(=N)N)NC(=O)[C@@H](N)Cc2ccccc2)C(=O)N[C@@](B)(CC(B)(B)C(B)(B)CN)C(N)=O)c(B)c1B. The van der Waals surface area contributed by atoms with E-state index in [9.17, 15) is 14.4 Å². The zero-order valence-corrected chi connectivity index (χ0v) is 36.2. The normalized spacial score (nSPS) is 15.2. The number of carbonyl (C=O) groups is 4. The lowest BCUT2D eigenvalue weighted by molar-refractivity contribution is -0.135. The molecule has 2 aromatic rings. The Morgan fingerprint density at radius 3 is 1.75 bits per heavy atom. The molecule has 4 amide bonds. The van der Waals surface area contributed by atoms with Crippen molar-refractivity contribution in [1.29, 1.82) is 5.41 Å². The fourth-order valence-electron chi connectivity index (χ4n) is 7.52. The topological polar surface area (TPSA) is 244 Å². The zero-order chi connectivity index (χ0) is 43.2. The predicted octanol–water partition coefficient (Wildman–Crippen LogP) is -17.8. The van der Waals surface area contributed by atoms with E-state index in [1.807, 2.05) is 109 Å². The van der Waals surface area contributed by atoms with Gasteiger partial charge in [0.25, 0.3) is 0 Å². The van der Waals surface area contributed by atoms with Gasteiger partial charge in [0.05, 0.1) is 48.3 Å². The van der Waals surface area contributed by atoms with Crippen LogP contribution in [0.1, 0.15) is 30.4 Å². The highest BCUT2D eigenvalue weighted by atomic mass is 16.2. The van der Waals surface area contributed by atoms with Crippen LogP contribution in [0.3, 0.4) is 0 Å². The smallest absolute Gasteiger partial charge is 0.242 e. The number of carbonyl (C=O) groups excluding carboxylic acids is 4. The average Bonchev–Trinajstić information content (AvgIpc) is 3.10. The van der Waals surface area contributed by atoms with Crippen molar-refractivity contribution in [3.63, 3.8) is 0 Å². The number of primary amides is 1. The molecule has 286 valence electrons. The molecular weight excluding hydrogens is 691 g/mol. The van der Waals surface area contributed by atoms with Crippen LogP contribution in [0.5, 0.6) is 0 Å². The summed E-state index contributed by atoms with van der Waals surface area (Å²) in [6, 6.07) is 7.23. The van der Waals surface area contributed by atoms with Crippen LogP contribution in [0.4, 0.5) is 0 Å². The van der Waals surface area contributed by atoms with Crippen LogP contribution in [0, 0.1) is 5.41 Å². The molecule has 26 heteroatoms. The van der Waals surface area contributed by atoms with Crippen LogP contribution in [0.15, 0.2) is 30.3 Å². The van der Waals surface area contributed by atoms with Gasteiger partial charge in [-0.3, -0.25) is 24.6 Å². The van der Waals surface area contributed by atoms with Gasteiger partial charge in [0.15, 0.2) is 5.96 Å². The number of hydrogen-bond donors (Lipinski definition) is 9. The van der Waals surface area contributed by atoms with Gasteiger partial charge in [0.2, 0.25) is 23.6 Å². The number of nitrogens with two attached hydrogens (primary N) is 4. The fraction of sp³-hybridized carbons (Fsp3) is 0.433. The van der Waals surface area contributed by atoms with Crippen molar-refractivity contribution in [3.05, 3.63) is 41.5 Å². The molecule has 13 N–H and O–H groups in total. The number of rotatable bonds is 19. The van der Waals surface area contributed by atoms with Crippen molar-refractivity contribution in [2.45, 2.75) is 64.3 Å². The summed E-state index contributed by atoms with van der Waals surface area (Å²) in [6.07, 6.45) is 0.889. The second-order valence-electron chi connectivity index (χ2n) is 17.9. The molecule has 0 saturated carbocycles. The van der Waals surface area contributed by atoms with E-state index in [2.05, 4.69) is 29.1 Å². The molecule has 0 radical (unpaired) electrons. The minimum atomic E-state index is -1.73. The van der Waals surface area contributed by atoms with E-state index in [1.54, 1.807) is 15.7 Å². The molecule has 0 aliphatic rings. The molecule has 0 saturated heterocycles. The van der Waals surface area contributed by atoms with Crippen molar-refractivity contribution in [2.24, 2.45) is 22.9 Å². The molecule has 0 aliphatic carbocycles. The Kier molecular flexibility index (Phi) is 16.2. The van der Waals surface area contributed by atoms with Gasteiger partial charge in [0.1, 0.15) is 76.7 Å². The molecule has 0 heterocycles. The van der Waals surface area contributed by atoms with Crippen molar-refractivity contribution < 1.29 is 19.2 Å². The highest BCUT2D eigenvalue weighted by Crippen LogP contribution is 2.46. The standard InChI is InChI=1S/C30H58B13N9O4/c31-16-15(17(32)19(34)20(35)18(16)33)29(41,42)30(43,24(56)52-26(36,23(46)55)10-27(37,38)28(39,40)11-44)51-22(54)14(7-4-8-49-25(47)48)50-21(53)13(45)9-12-5-2-1-3-6-12/h1-3,5-6,13-14H,4,7-11,31-45H2,(H2,46,55)(H,50,53)(H,51,54)(H,52,56)(H4,47,48,49)/t13-,14+,26-,30+/m0/s1.